The quantitative estimate of drug-likeness (QED) is 0.811. The second kappa shape index (κ2) is 7.69. The topological polar surface area (TPSA) is 48.3 Å². The highest BCUT2D eigenvalue weighted by molar-refractivity contribution is 5.42. The van der Waals surface area contributed by atoms with Crippen molar-refractivity contribution in [3.63, 3.8) is 0 Å². The summed E-state index contributed by atoms with van der Waals surface area (Å²) in [5, 5.41) is 7.55. The van der Waals surface area contributed by atoms with E-state index in [0.29, 0.717) is 19.2 Å². The minimum absolute atomic E-state index is 0.455. The first-order chi connectivity index (χ1) is 10.2. The lowest BCUT2D eigenvalue weighted by Gasteiger charge is -2.13. The lowest BCUT2D eigenvalue weighted by molar-refractivity contribution is 0.274. The van der Waals surface area contributed by atoms with Gasteiger partial charge in [-0.2, -0.15) is 5.10 Å². The molecule has 0 saturated heterocycles. The molecule has 1 heterocycles. The molecule has 0 spiro atoms. The van der Waals surface area contributed by atoms with E-state index in [1.54, 1.807) is 13.3 Å². The fraction of sp³-hybridized carbons (Fsp3) is 0.438. The molecule has 0 amide bonds. The highest BCUT2D eigenvalue weighted by Gasteiger charge is 2.06. The first kappa shape index (κ1) is 15.4. The largest absolute Gasteiger partial charge is 0.493 e. The monoisotopic (exact) mass is 289 g/mol. The predicted molar refractivity (Wildman–Crippen MR) is 82.7 cm³/mol. The van der Waals surface area contributed by atoms with E-state index in [-0.39, 0.29) is 0 Å². The number of aromatic nitrogens is 2. The van der Waals surface area contributed by atoms with Gasteiger partial charge in [0.2, 0.25) is 0 Å². The van der Waals surface area contributed by atoms with Crippen molar-refractivity contribution >= 4 is 0 Å². The van der Waals surface area contributed by atoms with Crippen LogP contribution in [0.2, 0.25) is 0 Å². The summed E-state index contributed by atoms with van der Waals surface area (Å²) in [6, 6.07) is 8.38. The van der Waals surface area contributed by atoms with Crippen LogP contribution < -0.4 is 14.8 Å². The highest BCUT2D eigenvalue weighted by Crippen LogP contribution is 2.28. The number of ether oxygens (including phenoxy) is 2. The van der Waals surface area contributed by atoms with Crippen molar-refractivity contribution < 1.29 is 9.47 Å². The molecular formula is C16H23N3O2. The van der Waals surface area contributed by atoms with E-state index in [1.165, 1.54) is 5.56 Å². The van der Waals surface area contributed by atoms with E-state index in [1.807, 2.05) is 29.1 Å². The molecule has 2 rings (SSSR count). The second-order valence-corrected chi connectivity index (χ2v) is 5.14. The summed E-state index contributed by atoms with van der Waals surface area (Å²) < 4.78 is 13.0. The molecule has 2 aromatic rings. The van der Waals surface area contributed by atoms with Crippen LogP contribution >= 0.6 is 0 Å². The van der Waals surface area contributed by atoms with Gasteiger partial charge in [0.05, 0.1) is 13.7 Å². The van der Waals surface area contributed by atoms with Crippen molar-refractivity contribution in [2.45, 2.75) is 33.0 Å². The Morgan fingerprint density at radius 1 is 1.29 bits per heavy atom. The minimum atomic E-state index is 0.455. The van der Waals surface area contributed by atoms with E-state index >= 15 is 0 Å². The lowest BCUT2D eigenvalue weighted by atomic mass is 10.2. The van der Waals surface area contributed by atoms with Gasteiger partial charge < -0.3 is 14.8 Å². The van der Waals surface area contributed by atoms with Crippen LogP contribution in [0.1, 0.15) is 19.4 Å². The zero-order valence-electron chi connectivity index (χ0n) is 12.9. The molecule has 0 aliphatic heterocycles. The Balaban J connectivity index is 1.96. The maximum absolute atomic E-state index is 5.84. The number of hydrogen-bond acceptors (Lipinski definition) is 4. The van der Waals surface area contributed by atoms with Crippen molar-refractivity contribution in [3.05, 3.63) is 42.2 Å². The normalized spacial score (nSPS) is 10.9. The maximum atomic E-state index is 5.84. The molecule has 0 radical (unpaired) electrons. The number of hydrogen-bond donors (Lipinski definition) is 1. The molecule has 5 heteroatoms. The van der Waals surface area contributed by atoms with Gasteiger partial charge in [-0.1, -0.05) is 19.9 Å². The van der Waals surface area contributed by atoms with Crippen LogP contribution in [0.3, 0.4) is 0 Å². The molecule has 1 aromatic carbocycles. The number of nitrogens with zero attached hydrogens (tertiary/aromatic N) is 2. The number of benzene rings is 1. The fourth-order valence-corrected chi connectivity index (χ4v) is 1.95. The molecular weight excluding hydrogens is 266 g/mol. The Morgan fingerprint density at radius 2 is 2.14 bits per heavy atom. The number of methoxy groups -OCH3 is 1. The molecule has 0 bridgehead atoms. The van der Waals surface area contributed by atoms with Gasteiger partial charge in [0.1, 0.15) is 6.61 Å². The van der Waals surface area contributed by atoms with Crippen molar-refractivity contribution in [2.24, 2.45) is 0 Å². The van der Waals surface area contributed by atoms with Crippen LogP contribution in [0, 0.1) is 0 Å². The second-order valence-electron chi connectivity index (χ2n) is 5.14. The molecule has 0 unspecified atom stereocenters. The standard InChI is InChI=1S/C16H23N3O2/c1-13(2)17-12-14-5-6-15(20-3)16(11-14)21-10-9-19-8-4-7-18-19/h4-8,11,13,17H,9-10,12H2,1-3H3. The highest BCUT2D eigenvalue weighted by atomic mass is 16.5. The molecule has 1 aromatic heterocycles. The molecule has 1 N–H and O–H groups in total. The third kappa shape index (κ3) is 4.79. The average molecular weight is 289 g/mol. The molecule has 5 nitrogen and oxygen atoms in total. The van der Waals surface area contributed by atoms with Crippen LogP contribution in [0.15, 0.2) is 36.7 Å². The molecule has 114 valence electrons. The van der Waals surface area contributed by atoms with Gasteiger partial charge in [-0.25, -0.2) is 0 Å². The van der Waals surface area contributed by atoms with Gasteiger partial charge in [-0.3, -0.25) is 4.68 Å². The van der Waals surface area contributed by atoms with Crippen LogP contribution in [0.4, 0.5) is 0 Å². The molecule has 0 saturated carbocycles. The molecule has 0 aliphatic carbocycles. The molecule has 0 atom stereocenters. The van der Waals surface area contributed by atoms with Gasteiger partial charge in [-0.05, 0) is 23.8 Å². The van der Waals surface area contributed by atoms with Gasteiger partial charge in [0, 0.05) is 25.0 Å². The van der Waals surface area contributed by atoms with Crippen LogP contribution in [0.25, 0.3) is 0 Å². The van der Waals surface area contributed by atoms with E-state index in [9.17, 15) is 0 Å². The Morgan fingerprint density at radius 3 is 2.81 bits per heavy atom. The summed E-state index contributed by atoms with van der Waals surface area (Å²) in [4.78, 5) is 0. The summed E-state index contributed by atoms with van der Waals surface area (Å²) >= 11 is 0. The van der Waals surface area contributed by atoms with Crippen molar-refractivity contribution in [3.8, 4) is 11.5 Å². The summed E-state index contributed by atoms with van der Waals surface area (Å²) in [6.45, 7) is 6.34. The fourth-order valence-electron chi connectivity index (χ4n) is 1.95. The summed E-state index contributed by atoms with van der Waals surface area (Å²) in [6.07, 6.45) is 3.68. The summed E-state index contributed by atoms with van der Waals surface area (Å²) in [5.41, 5.74) is 1.18. The van der Waals surface area contributed by atoms with Crippen LogP contribution in [-0.4, -0.2) is 29.5 Å². The third-order valence-electron chi connectivity index (χ3n) is 3.08. The van der Waals surface area contributed by atoms with Crippen molar-refractivity contribution in [1.29, 1.82) is 0 Å². The Labute approximate surface area is 125 Å². The first-order valence-corrected chi connectivity index (χ1v) is 7.19. The Bertz CT molecular complexity index is 538. The van der Waals surface area contributed by atoms with E-state index in [0.717, 1.165) is 18.0 Å². The zero-order valence-corrected chi connectivity index (χ0v) is 12.9. The Hall–Kier alpha value is -2.01. The van der Waals surface area contributed by atoms with Crippen LogP contribution in [-0.2, 0) is 13.1 Å². The summed E-state index contributed by atoms with van der Waals surface area (Å²) in [5.74, 6) is 1.52. The van der Waals surface area contributed by atoms with Gasteiger partial charge in [0.15, 0.2) is 11.5 Å². The van der Waals surface area contributed by atoms with Gasteiger partial charge in [0.25, 0.3) is 0 Å². The SMILES string of the molecule is COc1ccc(CNC(C)C)cc1OCCn1cccn1. The smallest absolute Gasteiger partial charge is 0.161 e. The van der Waals surface area contributed by atoms with E-state index in [2.05, 4.69) is 30.3 Å². The third-order valence-corrected chi connectivity index (χ3v) is 3.08. The number of rotatable bonds is 8. The number of nitrogens with one attached hydrogen (secondary N) is 1. The van der Waals surface area contributed by atoms with Crippen LogP contribution in [0.5, 0.6) is 11.5 Å². The predicted octanol–water partition coefficient (Wildman–Crippen LogP) is 2.47. The molecule has 21 heavy (non-hydrogen) atoms. The lowest BCUT2D eigenvalue weighted by Crippen LogP contribution is -2.21. The van der Waals surface area contributed by atoms with E-state index < -0.39 is 0 Å². The first-order valence-electron chi connectivity index (χ1n) is 7.19. The average Bonchev–Trinajstić information content (AvgIpc) is 2.98. The van der Waals surface area contributed by atoms with Gasteiger partial charge >= 0.3 is 0 Å². The van der Waals surface area contributed by atoms with Crippen molar-refractivity contribution in [1.82, 2.24) is 15.1 Å². The summed E-state index contributed by atoms with van der Waals surface area (Å²) in [7, 11) is 1.65. The van der Waals surface area contributed by atoms with Crippen molar-refractivity contribution in [2.75, 3.05) is 13.7 Å². The Kier molecular flexibility index (Phi) is 5.63. The van der Waals surface area contributed by atoms with Gasteiger partial charge in [-0.15, -0.1) is 0 Å². The molecule has 0 fully saturated rings. The maximum Gasteiger partial charge on any atom is 0.161 e. The van der Waals surface area contributed by atoms with E-state index in [4.69, 9.17) is 9.47 Å². The minimum Gasteiger partial charge on any atom is -0.493 e. The molecule has 0 aliphatic rings. The zero-order chi connectivity index (χ0) is 15.1.